The molecule has 0 aliphatic carbocycles. The Morgan fingerprint density at radius 2 is 2.20 bits per heavy atom. The summed E-state index contributed by atoms with van der Waals surface area (Å²) in [5.74, 6) is 0.926. The molecule has 3 heterocycles. The molecule has 1 aliphatic rings. The fraction of sp³-hybridized carbons (Fsp3) is 0.538. The Balaban J connectivity index is 1.87. The number of H-pyrrole nitrogens is 1. The van der Waals surface area contributed by atoms with Crippen molar-refractivity contribution in [3.63, 3.8) is 0 Å². The lowest BCUT2D eigenvalue weighted by Crippen LogP contribution is -2.37. The lowest BCUT2D eigenvalue weighted by Gasteiger charge is -2.22. The van der Waals surface area contributed by atoms with Gasteiger partial charge in [-0.1, -0.05) is 6.92 Å². The Morgan fingerprint density at radius 1 is 1.30 bits per heavy atom. The molecule has 3 rings (SSSR count). The van der Waals surface area contributed by atoms with Crippen molar-refractivity contribution in [2.45, 2.75) is 19.8 Å². The van der Waals surface area contributed by atoms with E-state index in [-0.39, 0.29) is 5.91 Å². The van der Waals surface area contributed by atoms with Gasteiger partial charge in [-0.25, -0.2) is 15.0 Å². The Morgan fingerprint density at radius 3 is 3.05 bits per heavy atom. The molecule has 1 aliphatic heterocycles. The van der Waals surface area contributed by atoms with Gasteiger partial charge in [-0.2, -0.15) is 0 Å². The van der Waals surface area contributed by atoms with E-state index in [4.69, 9.17) is 0 Å². The summed E-state index contributed by atoms with van der Waals surface area (Å²) in [7, 11) is 0. The summed E-state index contributed by atoms with van der Waals surface area (Å²) < 4.78 is 0. The van der Waals surface area contributed by atoms with Gasteiger partial charge in [0.2, 0.25) is 5.91 Å². The number of anilines is 1. The summed E-state index contributed by atoms with van der Waals surface area (Å²) in [6, 6.07) is 0. The summed E-state index contributed by atoms with van der Waals surface area (Å²) in [4.78, 5) is 31.8. The van der Waals surface area contributed by atoms with Crippen LogP contribution in [0.1, 0.15) is 19.8 Å². The van der Waals surface area contributed by atoms with Crippen LogP contribution < -0.4 is 4.90 Å². The summed E-state index contributed by atoms with van der Waals surface area (Å²) in [5.41, 5.74) is 1.43. The van der Waals surface area contributed by atoms with Crippen LogP contribution in [0.3, 0.4) is 0 Å². The maximum Gasteiger partial charge on any atom is 0.242 e. The first kappa shape index (κ1) is 12.8. The number of amides is 1. The highest BCUT2D eigenvalue weighted by molar-refractivity contribution is 5.87. The monoisotopic (exact) mass is 274 g/mol. The van der Waals surface area contributed by atoms with Crippen LogP contribution in [0.2, 0.25) is 0 Å². The van der Waals surface area contributed by atoms with E-state index in [1.54, 1.807) is 6.33 Å². The van der Waals surface area contributed by atoms with Crippen molar-refractivity contribution in [1.82, 2.24) is 24.8 Å². The number of nitrogens with zero attached hydrogens (tertiary/aromatic N) is 5. The van der Waals surface area contributed by atoms with Crippen LogP contribution in [0.5, 0.6) is 0 Å². The largest absolute Gasteiger partial charge is 0.345 e. The zero-order valence-electron chi connectivity index (χ0n) is 11.5. The molecule has 0 spiro atoms. The number of hydrogen-bond donors (Lipinski definition) is 1. The standard InChI is InChI=1S/C13H18N6O/c1-2-4-18-5-3-6-19(7-10(18)20)13-11-12(15-8-14-11)16-9-17-13/h8-9H,2-7H2,1H3,(H,14,15,16,17). The molecule has 0 saturated carbocycles. The van der Waals surface area contributed by atoms with E-state index >= 15 is 0 Å². The third-order valence-electron chi connectivity index (χ3n) is 3.53. The third kappa shape index (κ3) is 2.31. The van der Waals surface area contributed by atoms with Gasteiger partial charge in [0.25, 0.3) is 0 Å². The quantitative estimate of drug-likeness (QED) is 0.895. The van der Waals surface area contributed by atoms with Gasteiger partial charge in [0.15, 0.2) is 11.5 Å². The van der Waals surface area contributed by atoms with Crippen LogP contribution in [0.4, 0.5) is 5.82 Å². The molecule has 7 heteroatoms. The predicted molar refractivity (Wildman–Crippen MR) is 75.4 cm³/mol. The number of aromatic amines is 1. The van der Waals surface area contributed by atoms with Crippen molar-refractivity contribution in [3.05, 3.63) is 12.7 Å². The number of rotatable bonds is 3. The van der Waals surface area contributed by atoms with Crippen molar-refractivity contribution in [1.29, 1.82) is 0 Å². The minimum absolute atomic E-state index is 0.163. The van der Waals surface area contributed by atoms with Gasteiger partial charge in [0.1, 0.15) is 11.8 Å². The molecule has 0 bridgehead atoms. The van der Waals surface area contributed by atoms with Gasteiger partial charge >= 0.3 is 0 Å². The average molecular weight is 274 g/mol. The van der Waals surface area contributed by atoms with Crippen molar-refractivity contribution < 1.29 is 4.79 Å². The molecular weight excluding hydrogens is 256 g/mol. The van der Waals surface area contributed by atoms with Crippen LogP contribution in [-0.2, 0) is 4.79 Å². The van der Waals surface area contributed by atoms with Crippen LogP contribution >= 0.6 is 0 Å². The molecule has 7 nitrogen and oxygen atoms in total. The Labute approximate surface area is 117 Å². The molecule has 2 aromatic heterocycles. The second-order valence-corrected chi connectivity index (χ2v) is 4.95. The van der Waals surface area contributed by atoms with Gasteiger partial charge in [0, 0.05) is 19.6 Å². The van der Waals surface area contributed by atoms with Crippen molar-refractivity contribution in [2.24, 2.45) is 0 Å². The minimum Gasteiger partial charge on any atom is -0.345 e. The SMILES string of the molecule is CCCN1CCCN(c2ncnc3nc[nH]c23)CC1=O. The first-order valence-corrected chi connectivity index (χ1v) is 6.96. The Bertz CT molecular complexity index is 610. The zero-order valence-corrected chi connectivity index (χ0v) is 11.5. The molecule has 106 valence electrons. The summed E-state index contributed by atoms with van der Waals surface area (Å²) in [6.07, 6.45) is 5.04. The molecule has 1 N–H and O–H groups in total. The molecule has 0 aromatic carbocycles. The van der Waals surface area contributed by atoms with Gasteiger partial charge in [-0.3, -0.25) is 4.79 Å². The number of nitrogens with one attached hydrogen (secondary N) is 1. The number of aromatic nitrogens is 4. The second kappa shape index (κ2) is 5.44. The molecule has 0 atom stereocenters. The van der Waals surface area contributed by atoms with Gasteiger partial charge in [-0.15, -0.1) is 0 Å². The average Bonchev–Trinajstić information content (AvgIpc) is 2.86. The van der Waals surface area contributed by atoms with Crippen molar-refractivity contribution in [2.75, 3.05) is 31.1 Å². The fourth-order valence-corrected chi connectivity index (χ4v) is 2.60. The Hall–Kier alpha value is -2.18. The van der Waals surface area contributed by atoms with Crippen LogP contribution in [0.25, 0.3) is 11.2 Å². The van der Waals surface area contributed by atoms with Gasteiger partial charge < -0.3 is 14.8 Å². The highest BCUT2D eigenvalue weighted by Gasteiger charge is 2.23. The summed E-state index contributed by atoms with van der Waals surface area (Å²) in [5, 5.41) is 0. The van der Waals surface area contributed by atoms with E-state index < -0.39 is 0 Å². The van der Waals surface area contributed by atoms with E-state index in [0.29, 0.717) is 12.2 Å². The van der Waals surface area contributed by atoms with E-state index in [1.807, 2.05) is 9.80 Å². The molecule has 1 fully saturated rings. The predicted octanol–water partition coefficient (Wildman–Crippen LogP) is 0.802. The fourth-order valence-electron chi connectivity index (χ4n) is 2.60. The van der Waals surface area contributed by atoms with Gasteiger partial charge in [0.05, 0.1) is 12.9 Å². The topological polar surface area (TPSA) is 78.0 Å². The first-order chi connectivity index (χ1) is 9.79. The maximum absolute atomic E-state index is 12.3. The highest BCUT2D eigenvalue weighted by atomic mass is 16.2. The van der Waals surface area contributed by atoms with E-state index in [1.165, 1.54) is 6.33 Å². The summed E-state index contributed by atoms with van der Waals surface area (Å²) in [6.45, 7) is 4.92. The normalized spacial score (nSPS) is 16.8. The smallest absolute Gasteiger partial charge is 0.242 e. The van der Waals surface area contributed by atoms with E-state index in [0.717, 1.165) is 43.8 Å². The van der Waals surface area contributed by atoms with Crippen molar-refractivity contribution in [3.8, 4) is 0 Å². The third-order valence-corrected chi connectivity index (χ3v) is 3.53. The molecule has 2 aromatic rings. The number of hydrogen-bond acceptors (Lipinski definition) is 5. The molecule has 20 heavy (non-hydrogen) atoms. The number of carbonyl (C=O) groups excluding carboxylic acids is 1. The molecule has 0 radical (unpaired) electrons. The highest BCUT2D eigenvalue weighted by Crippen LogP contribution is 2.21. The van der Waals surface area contributed by atoms with Gasteiger partial charge in [-0.05, 0) is 12.8 Å². The molecular formula is C13H18N6O. The summed E-state index contributed by atoms with van der Waals surface area (Å²) >= 11 is 0. The molecule has 1 saturated heterocycles. The van der Waals surface area contributed by atoms with E-state index in [9.17, 15) is 4.79 Å². The van der Waals surface area contributed by atoms with Crippen molar-refractivity contribution >= 4 is 22.9 Å². The lowest BCUT2D eigenvalue weighted by molar-refractivity contribution is -0.129. The molecule has 0 unspecified atom stereocenters. The van der Waals surface area contributed by atoms with Crippen LogP contribution in [0.15, 0.2) is 12.7 Å². The minimum atomic E-state index is 0.163. The van der Waals surface area contributed by atoms with E-state index in [2.05, 4.69) is 26.9 Å². The number of fused-ring (bicyclic) bond motifs is 1. The zero-order chi connectivity index (χ0) is 13.9. The number of carbonyl (C=O) groups is 1. The number of imidazole rings is 1. The molecule has 1 amide bonds. The van der Waals surface area contributed by atoms with Crippen LogP contribution in [-0.4, -0.2) is 56.9 Å². The lowest BCUT2D eigenvalue weighted by atomic mass is 10.3. The van der Waals surface area contributed by atoms with Crippen LogP contribution in [0, 0.1) is 0 Å². The Kier molecular flexibility index (Phi) is 3.49. The second-order valence-electron chi connectivity index (χ2n) is 4.95. The maximum atomic E-state index is 12.3. The first-order valence-electron chi connectivity index (χ1n) is 6.96.